The lowest BCUT2D eigenvalue weighted by Crippen LogP contribution is -2.47. The van der Waals surface area contributed by atoms with Gasteiger partial charge >= 0.3 is 0 Å². The number of carbonyl (C=O) groups is 1. The molecule has 1 aromatic rings. The normalized spacial score (nSPS) is 24.2. The molecule has 1 aliphatic carbocycles. The minimum absolute atomic E-state index is 0.00768. The molecule has 6 nitrogen and oxygen atoms in total. The zero-order valence-electron chi connectivity index (χ0n) is 18.7. The first-order valence-corrected chi connectivity index (χ1v) is 12.1. The number of methoxy groups -OCH3 is 1. The molecule has 0 aromatic carbocycles. The highest BCUT2D eigenvalue weighted by molar-refractivity contribution is 5.91. The molecule has 4 rings (SSSR count). The summed E-state index contributed by atoms with van der Waals surface area (Å²) >= 11 is 0. The number of rotatable bonds is 8. The molecule has 0 bridgehead atoms. The molecule has 1 aromatic heterocycles. The van der Waals surface area contributed by atoms with Crippen LogP contribution in [-0.2, 0) is 0 Å². The van der Waals surface area contributed by atoms with E-state index in [1.54, 1.807) is 19.2 Å². The molecule has 0 spiro atoms. The van der Waals surface area contributed by atoms with Gasteiger partial charge in [0.1, 0.15) is 0 Å². The smallest absolute Gasteiger partial charge is 0.289 e. The fourth-order valence-electron chi connectivity index (χ4n) is 5.58. The van der Waals surface area contributed by atoms with Gasteiger partial charge in [0.2, 0.25) is 0 Å². The highest BCUT2D eigenvalue weighted by atomic mass is 16.6. The van der Waals surface area contributed by atoms with E-state index in [1.165, 1.54) is 64.3 Å². The number of likely N-dealkylation sites (tertiary alicyclic amines) is 2. The zero-order chi connectivity index (χ0) is 20.8. The van der Waals surface area contributed by atoms with E-state index in [2.05, 4.69) is 14.7 Å². The Morgan fingerprint density at radius 3 is 2.60 bits per heavy atom. The summed E-state index contributed by atoms with van der Waals surface area (Å²) in [6.45, 7) is 7.27. The van der Waals surface area contributed by atoms with Gasteiger partial charge in [-0.3, -0.25) is 4.79 Å². The molecule has 3 aliphatic rings. The second-order valence-corrected chi connectivity index (χ2v) is 9.42. The van der Waals surface area contributed by atoms with Gasteiger partial charge in [-0.2, -0.15) is 0 Å². The molecule has 1 unspecified atom stereocenters. The molecule has 30 heavy (non-hydrogen) atoms. The largest absolute Gasteiger partial charge is 0.468 e. The molecule has 3 fully saturated rings. The fourth-order valence-corrected chi connectivity index (χ4v) is 5.58. The summed E-state index contributed by atoms with van der Waals surface area (Å²) in [5, 5.41) is 0. The van der Waals surface area contributed by atoms with E-state index in [0.717, 1.165) is 45.3 Å². The third kappa shape index (κ3) is 5.58. The standard InChI is InChI=1S/C24H39N3O3/c1-29-23-12-11-22(30-23)24(28)27(17-16-25-13-5-2-6-14-25)19-20-8-7-15-26(18-20)21-9-3-4-10-21/h11-12,20-21H,2-10,13-19H2,1H3. The van der Waals surface area contributed by atoms with Crippen LogP contribution in [0, 0.1) is 5.92 Å². The van der Waals surface area contributed by atoms with Gasteiger partial charge in [-0.05, 0) is 70.1 Å². The van der Waals surface area contributed by atoms with E-state index >= 15 is 0 Å². The number of carbonyl (C=O) groups excluding carboxylic acids is 1. The van der Waals surface area contributed by atoms with Crippen LogP contribution in [0.2, 0.25) is 0 Å². The van der Waals surface area contributed by atoms with Crippen LogP contribution in [0.15, 0.2) is 16.5 Å². The minimum Gasteiger partial charge on any atom is -0.468 e. The molecule has 0 N–H and O–H groups in total. The monoisotopic (exact) mass is 417 g/mol. The van der Waals surface area contributed by atoms with Crippen molar-refractivity contribution >= 4 is 5.91 Å². The van der Waals surface area contributed by atoms with Crippen molar-refractivity contribution < 1.29 is 13.9 Å². The van der Waals surface area contributed by atoms with Crippen LogP contribution >= 0.6 is 0 Å². The van der Waals surface area contributed by atoms with E-state index in [4.69, 9.17) is 9.15 Å². The third-order valence-electron chi connectivity index (χ3n) is 7.29. The van der Waals surface area contributed by atoms with Gasteiger partial charge in [-0.1, -0.05) is 19.3 Å². The van der Waals surface area contributed by atoms with Crippen molar-refractivity contribution in [2.45, 2.75) is 63.8 Å². The maximum absolute atomic E-state index is 13.3. The number of hydrogen-bond acceptors (Lipinski definition) is 5. The van der Waals surface area contributed by atoms with E-state index in [-0.39, 0.29) is 5.91 Å². The van der Waals surface area contributed by atoms with Gasteiger partial charge in [-0.25, -0.2) is 0 Å². The van der Waals surface area contributed by atoms with Crippen LogP contribution < -0.4 is 4.74 Å². The number of amides is 1. The summed E-state index contributed by atoms with van der Waals surface area (Å²) in [5.74, 6) is 1.36. The number of hydrogen-bond donors (Lipinski definition) is 0. The molecule has 3 heterocycles. The number of nitrogens with zero attached hydrogens (tertiary/aromatic N) is 3. The number of piperidine rings is 2. The summed E-state index contributed by atoms with van der Waals surface area (Å²) in [5.41, 5.74) is 0. The minimum atomic E-state index is 0.00768. The van der Waals surface area contributed by atoms with Crippen LogP contribution in [-0.4, -0.2) is 79.6 Å². The Morgan fingerprint density at radius 1 is 1.07 bits per heavy atom. The average molecular weight is 418 g/mol. The van der Waals surface area contributed by atoms with Gasteiger partial charge in [-0.15, -0.1) is 0 Å². The number of furan rings is 1. The Kier molecular flexibility index (Phi) is 7.72. The van der Waals surface area contributed by atoms with Crippen LogP contribution in [0.25, 0.3) is 0 Å². The van der Waals surface area contributed by atoms with Crippen molar-refractivity contribution in [3.05, 3.63) is 17.9 Å². The summed E-state index contributed by atoms with van der Waals surface area (Å²) in [6, 6.07) is 4.26. The first-order chi connectivity index (χ1) is 14.7. The lowest BCUT2D eigenvalue weighted by Gasteiger charge is -2.39. The maximum atomic E-state index is 13.3. The molecular formula is C24H39N3O3. The second kappa shape index (κ2) is 10.7. The maximum Gasteiger partial charge on any atom is 0.289 e. The highest BCUT2D eigenvalue weighted by Crippen LogP contribution is 2.28. The molecule has 2 aliphatic heterocycles. The molecule has 168 valence electrons. The molecular weight excluding hydrogens is 378 g/mol. The van der Waals surface area contributed by atoms with E-state index in [0.29, 0.717) is 17.6 Å². The Morgan fingerprint density at radius 2 is 1.87 bits per heavy atom. The van der Waals surface area contributed by atoms with Crippen molar-refractivity contribution in [3.63, 3.8) is 0 Å². The molecule has 6 heteroatoms. The van der Waals surface area contributed by atoms with Gasteiger partial charge in [0, 0.05) is 38.3 Å². The SMILES string of the molecule is COc1ccc(C(=O)N(CCN2CCCCC2)CC2CCCN(C3CCCC3)C2)o1. The summed E-state index contributed by atoms with van der Waals surface area (Å²) in [6.07, 6.45) is 11.9. The van der Waals surface area contributed by atoms with Crippen LogP contribution in [0.4, 0.5) is 0 Å². The van der Waals surface area contributed by atoms with Crippen LogP contribution in [0.5, 0.6) is 5.95 Å². The molecule has 1 atom stereocenters. The second-order valence-electron chi connectivity index (χ2n) is 9.42. The topological polar surface area (TPSA) is 49.2 Å². The van der Waals surface area contributed by atoms with Crippen molar-refractivity contribution in [2.75, 3.05) is 52.9 Å². The van der Waals surface area contributed by atoms with E-state index in [1.807, 2.05) is 0 Å². The summed E-state index contributed by atoms with van der Waals surface area (Å²) < 4.78 is 10.8. The van der Waals surface area contributed by atoms with Gasteiger partial charge in [0.15, 0.2) is 5.76 Å². The molecule has 1 amide bonds. The van der Waals surface area contributed by atoms with Crippen LogP contribution in [0.3, 0.4) is 0 Å². The molecule has 1 saturated carbocycles. The Balaban J connectivity index is 1.39. The predicted octanol–water partition coefficient (Wildman–Crippen LogP) is 3.87. The first-order valence-electron chi connectivity index (χ1n) is 12.1. The molecule has 0 radical (unpaired) electrons. The van der Waals surface area contributed by atoms with Crippen molar-refractivity contribution in [1.82, 2.24) is 14.7 Å². The van der Waals surface area contributed by atoms with Gasteiger partial charge < -0.3 is 23.9 Å². The fraction of sp³-hybridized carbons (Fsp3) is 0.792. The highest BCUT2D eigenvalue weighted by Gasteiger charge is 2.30. The zero-order valence-corrected chi connectivity index (χ0v) is 18.7. The van der Waals surface area contributed by atoms with Crippen LogP contribution in [0.1, 0.15) is 68.3 Å². The molecule has 2 saturated heterocycles. The Labute approximate surface area is 181 Å². The van der Waals surface area contributed by atoms with Crippen molar-refractivity contribution in [1.29, 1.82) is 0 Å². The summed E-state index contributed by atoms with van der Waals surface area (Å²) in [7, 11) is 1.57. The Hall–Kier alpha value is -1.53. The average Bonchev–Trinajstić information content (AvgIpc) is 3.49. The Bertz CT molecular complexity index is 664. The lowest BCUT2D eigenvalue weighted by atomic mass is 9.95. The van der Waals surface area contributed by atoms with Gasteiger partial charge in [0.25, 0.3) is 11.9 Å². The quantitative estimate of drug-likeness (QED) is 0.643. The van der Waals surface area contributed by atoms with E-state index in [9.17, 15) is 4.79 Å². The van der Waals surface area contributed by atoms with Gasteiger partial charge in [0.05, 0.1) is 7.11 Å². The predicted molar refractivity (Wildman–Crippen MR) is 118 cm³/mol. The third-order valence-corrected chi connectivity index (χ3v) is 7.29. The van der Waals surface area contributed by atoms with E-state index < -0.39 is 0 Å². The summed E-state index contributed by atoms with van der Waals surface area (Å²) in [4.78, 5) is 20.6. The van der Waals surface area contributed by atoms with Crippen molar-refractivity contribution in [2.24, 2.45) is 5.92 Å². The number of ether oxygens (including phenoxy) is 1. The first kappa shape index (κ1) is 21.7. The van der Waals surface area contributed by atoms with Crippen molar-refractivity contribution in [3.8, 4) is 5.95 Å². The lowest BCUT2D eigenvalue weighted by molar-refractivity contribution is 0.0577.